The molecule has 0 aliphatic carbocycles. The van der Waals surface area contributed by atoms with E-state index in [-0.39, 0.29) is 5.78 Å². The number of ketones is 1. The van der Waals surface area contributed by atoms with Gasteiger partial charge in [-0.2, -0.15) is 0 Å². The monoisotopic (exact) mass is 254 g/mol. The first-order valence-electron chi connectivity index (χ1n) is 4.60. The maximum Gasteiger partial charge on any atom is 0.200 e. The van der Waals surface area contributed by atoms with Gasteiger partial charge in [-0.25, -0.2) is 4.98 Å². The van der Waals surface area contributed by atoms with Gasteiger partial charge in [0.2, 0.25) is 5.78 Å². The van der Waals surface area contributed by atoms with Gasteiger partial charge in [0.05, 0.1) is 6.33 Å². The van der Waals surface area contributed by atoms with Crippen LogP contribution in [0.25, 0.3) is 0 Å². The SMILES string of the molecule is O=C(c1ccc(Cl)cc1)C(Cl)n1ccnc1. The van der Waals surface area contributed by atoms with Crippen LogP contribution in [-0.4, -0.2) is 15.3 Å². The van der Waals surface area contributed by atoms with E-state index in [2.05, 4.69) is 4.98 Å². The summed E-state index contributed by atoms with van der Waals surface area (Å²) in [6, 6.07) is 6.62. The van der Waals surface area contributed by atoms with E-state index in [1.54, 1.807) is 41.2 Å². The van der Waals surface area contributed by atoms with Gasteiger partial charge in [0.1, 0.15) is 0 Å². The number of carbonyl (C=O) groups is 1. The lowest BCUT2D eigenvalue weighted by Gasteiger charge is -2.09. The number of rotatable bonds is 3. The van der Waals surface area contributed by atoms with Gasteiger partial charge >= 0.3 is 0 Å². The molecule has 0 saturated heterocycles. The minimum Gasteiger partial charge on any atom is -0.313 e. The van der Waals surface area contributed by atoms with Gasteiger partial charge in [-0.1, -0.05) is 23.2 Å². The molecule has 1 aromatic heterocycles. The van der Waals surface area contributed by atoms with Crippen LogP contribution in [-0.2, 0) is 0 Å². The molecule has 2 rings (SSSR count). The normalized spacial score (nSPS) is 12.4. The Kier molecular flexibility index (Phi) is 3.27. The van der Waals surface area contributed by atoms with Crippen molar-refractivity contribution in [2.45, 2.75) is 5.50 Å². The fourth-order valence-electron chi connectivity index (χ4n) is 1.29. The summed E-state index contributed by atoms with van der Waals surface area (Å²) in [5.41, 5.74) is -0.248. The number of benzene rings is 1. The minimum atomic E-state index is -0.774. The molecule has 0 spiro atoms. The summed E-state index contributed by atoms with van der Waals surface area (Å²) in [7, 11) is 0. The molecule has 0 fully saturated rings. The number of nitrogens with zero attached hydrogens (tertiary/aromatic N) is 2. The smallest absolute Gasteiger partial charge is 0.200 e. The first-order valence-corrected chi connectivity index (χ1v) is 5.41. The van der Waals surface area contributed by atoms with Crippen LogP contribution in [0.3, 0.4) is 0 Å². The zero-order valence-corrected chi connectivity index (χ0v) is 9.69. The fraction of sp³-hybridized carbons (Fsp3) is 0.0909. The lowest BCUT2D eigenvalue weighted by Crippen LogP contribution is -2.12. The molecule has 0 amide bonds. The van der Waals surface area contributed by atoms with Crippen LogP contribution in [0.1, 0.15) is 15.9 Å². The van der Waals surface area contributed by atoms with E-state index in [4.69, 9.17) is 23.2 Å². The van der Waals surface area contributed by atoms with Gasteiger partial charge in [0, 0.05) is 23.0 Å². The van der Waals surface area contributed by atoms with E-state index in [0.29, 0.717) is 10.6 Å². The van der Waals surface area contributed by atoms with E-state index in [1.807, 2.05) is 0 Å². The Balaban J connectivity index is 2.22. The number of Topliss-reactive ketones (excluding diaryl/α,β-unsaturated/α-hetero) is 1. The molecular formula is C11H8Cl2N2O. The molecule has 82 valence electrons. The van der Waals surface area contributed by atoms with Crippen molar-refractivity contribution in [2.24, 2.45) is 0 Å². The number of alkyl halides is 1. The topological polar surface area (TPSA) is 34.9 Å². The molecule has 16 heavy (non-hydrogen) atoms. The number of imidazole rings is 1. The molecule has 1 atom stereocenters. The Bertz CT molecular complexity index is 479. The van der Waals surface area contributed by atoms with E-state index in [1.165, 1.54) is 6.33 Å². The summed E-state index contributed by atoms with van der Waals surface area (Å²) in [5, 5.41) is 0.588. The predicted octanol–water partition coefficient (Wildman–Crippen LogP) is 3.16. The second-order valence-electron chi connectivity index (χ2n) is 3.22. The average molecular weight is 255 g/mol. The molecule has 2 aromatic rings. The van der Waals surface area contributed by atoms with Crippen molar-refractivity contribution in [3.63, 3.8) is 0 Å². The molecule has 0 bridgehead atoms. The average Bonchev–Trinajstić information content (AvgIpc) is 2.81. The lowest BCUT2D eigenvalue weighted by molar-refractivity contribution is 0.0964. The maximum atomic E-state index is 11.9. The number of hydrogen-bond acceptors (Lipinski definition) is 2. The van der Waals surface area contributed by atoms with Crippen molar-refractivity contribution < 1.29 is 4.79 Å². The lowest BCUT2D eigenvalue weighted by atomic mass is 10.1. The van der Waals surface area contributed by atoms with Gasteiger partial charge < -0.3 is 4.57 Å². The van der Waals surface area contributed by atoms with Crippen molar-refractivity contribution in [2.75, 3.05) is 0 Å². The van der Waals surface area contributed by atoms with Crippen molar-refractivity contribution in [3.8, 4) is 0 Å². The number of aromatic nitrogens is 2. The van der Waals surface area contributed by atoms with E-state index >= 15 is 0 Å². The molecule has 5 heteroatoms. The third kappa shape index (κ3) is 2.26. The second-order valence-corrected chi connectivity index (χ2v) is 4.07. The van der Waals surface area contributed by atoms with E-state index in [9.17, 15) is 4.79 Å². The summed E-state index contributed by atoms with van der Waals surface area (Å²) in [4.78, 5) is 15.8. The molecule has 0 radical (unpaired) electrons. The van der Waals surface area contributed by atoms with Gasteiger partial charge in [-0.3, -0.25) is 4.79 Å². The summed E-state index contributed by atoms with van der Waals surface area (Å²) in [5.74, 6) is -0.184. The Morgan fingerprint density at radius 1 is 1.31 bits per heavy atom. The van der Waals surface area contributed by atoms with Gasteiger partial charge in [-0.15, -0.1) is 0 Å². The Hall–Kier alpha value is -1.32. The number of carbonyl (C=O) groups excluding carboxylic acids is 1. The molecule has 0 aliphatic heterocycles. The first-order chi connectivity index (χ1) is 7.68. The molecule has 0 aliphatic rings. The fourth-order valence-corrected chi connectivity index (χ4v) is 1.66. The Morgan fingerprint density at radius 2 is 2.00 bits per heavy atom. The van der Waals surface area contributed by atoms with Crippen molar-refractivity contribution >= 4 is 29.0 Å². The maximum absolute atomic E-state index is 11.9. The highest BCUT2D eigenvalue weighted by molar-refractivity contribution is 6.32. The van der Waals surface area contributed by atoms with Gasteiger partial charge in [0.25, 0.3) is 0 Å². The zero-order chi connectivity index (χ0) is 11.5. The number of halogens is 2. The molecule has 1 heterocycles. The highest BCUT2D eigenvalue weighted by Gasteiger charge is 2.18. The quantitative estimate of drug-likeness (QED) is 0.623. The van der Waals surface area contributed by atoms with Gasteiger partial charge in [-0.05, 0) is 24.3 Å². The molecule has 1 unspecified atom stereocenters. The zero-order valence-electron chi connectivity index (χ0n) is 8.18. The highest BCUT2D eigenvalue weighted by atomic mass is 35.5. The van der Waals surface area contributed by atoms with Crippen molar-refractivity contribution in [1.82, 2.24) is 9.55 Å². The van der Waals surface area contributed by atoms with Crippen LogP contribution in [0.2, 0.25) is 5.02 Å². The first kappa shape index (κ1) is 11.2. The Morgan fingerprint density at radius 3 is 2.56 bits per heavy atom. The minimum absolute atomic E-state index is 0.184. The van der Waals surface area contributed by atoms with Crippen LogP contribution in [0.15, 0.2) is 43.0 Å². The summed E-state index contributed by atoms with van der Waals surface area (Å²) in [6.07, 6.45) is 4.72. The van der Waals surface area contributed by atoms with E-state index in [0.717, 1.165) is 0 Å². The summed E-state index contributed by atoms with van der Waals surface area (Å²) in [6.45, 7) is 0. The van der Waals surface area contributed by atoms with Crippen LogP contribution >= 0.6 is 23.2 Å². The second kappa shape index (κ2) is 4.68. The molecule has 0 N–H and O–H groups in total. The number of hydrogen-bond donors (Lipinski definition) is 0. The molecule has 0 saturated carbocycles. The third-order valence-corrected chi connectivity index (χ3v) is 2.81. The summed E-state index contributed by atoms with van der Waals surface area (Å²) < 4.78 is 1.54. The standard InChI is InChI=1S/C11H8Cl2N2O/c12-9-3-1-8(2-4-9)10(16)11(13)15-6-5-14-7-15/h1-7,11H. The largest absolute Gasteiger partial charge is 0.313 e. The van der Waals surface area contributed by atoms with Crippen molar-refractivity contribution in [3.05, 3.63) is 53.6 Å². The predicted molar refractivity (Wildman–Crippen MR) is 62.9 cm³/mol. The third-order valence-electron chi connectivity index (χ3n) is 2.13. The molecule has 1 aromatic carbocycles. The van der Waals surface area contributed by atoms with Crippen LogP contribution in [0, 0.1) is 0 Å². The molecule has 3 nitrogen and oxygen atoms in total. The van der Waals surface area contributed by atoms with Crippen molar-refractivity contribution in [1.29, 1.82) is 0 Å². The van der Waals surface area contributed by atoms with Crippen LogP contribution in [0.4, 0.5) is 0 Å². The van der Waals surface area contributed by atoms with E-state index < -0.39 is 5.50 Å². The van der Waals surface area contributed by atoms with Gasteiger partial charge in [0.15, 0.2) is 5.50 Å². The highest BCUT2D eigenvalue weighted by Crippen LogP contribution is 2.19. The van der Waals surface area contributed by atoms with Crippen LogP contribution < -0.4 is 0 Å². The Labute approximate surface area is 103 Å². The molecular weight excluding hydrogens is 247 g/mol. The van der Waals surface area contributed by atoms with Crippen LogP contribution in [0.5, 0.6) is 0 Å². The summed E-state index contributed by atoms with van der Waals surface area (Å²) >= 11 is 11.7.